The monoisotopic (exact) mass is 458 g/mol. The van der Waals surface area contributed by atoms with Crippen LogP contribution in [0.3, 0.4) is 0 Å². The van der Waals surface area contributed by atoms with Crippen LogP contribution in [0.1, 0.15) is 27.7 Å². The molecule has 4 rings (SSSR count). The minimum absolute atomic E-state index is 0.289. The first-order valence-corrected chi connectivity index (χ1v) is 11.3. The van der Waals surface area contributed by atoms with E-state index in [4.69, 9.17) is 9.47 Å². The van der Waals surface area contributed by atoms with Crippen molar-refractivity contribution >= 4 is 17.1 Å². The number of carbonyl (C=O) groups is 1. The standard InChI is InChI=1S/C27H30N4O3/c1-18(17-31(5)26(32)34-27(2,3)4)33-22-16-28-15-13-20(22)24-23(19-10-7-6-8-11-19)25-21(30-24)12-9-14-29-25/h6-16,18,30H,17H2,1-5H3/t18-/m0/s1. The second kappa shape index (κ2) is 9.55. The van der Waals surface area contributed by atoms with Crippen molar-refractivity contribution in [3.63, 3.8) is 0 Å². The molecule has 1 atom stereocenters. The number of hydrogen-bond acceptors (Lipinski definition) is 5. The molecule has 0 spiro atoms. The van der Waals surface area contributed by atoms with Crippen molar-refractivity contribution in [3.8, 4) is 28.1 Å². The van der Waals surface area contributed by atoms with E-state index in [2.05, 4.69) is 27.1 Å². The third kappa shape index (κ3) is 5.20. The summed E-state index contributed by atoms with van der Waals surface area (Å²) in [6.07, 6.45) is 4.57. The van der Waals surface area contributed by atoms with E-state index in [0.717, 1.165) is 33.4 Å². The number of pyridine rings is 2. The maximum Gasteiger partial charge on any atom is 0.410 e. The second-order valence-electron chi connectivity index (χ2n) is 9.30. The SMILES string of the molecule is C[C@@H](CN(C)C(=O)OC(C)(C)C)Oc1cnccc1-c1[nH]c2cccnc2c1-c1ccccc1. The van der Waals surface area contributed by atoms with Crippen molar-refractivity contribution in [1.82, 2.24) is 19.9 Å². The van der Waals surface area contributed by atoms with Crippen LogP contribution >= 0.6 is 0 Å². The van der Waals surface area contributed by atoms with Crippen molar-refractivity contribution in [1.29, 1.82) is 0 Å². The Kier molecular flexibility index (Phi) is 6.54. The molecule has 176 valence electrons. The van der Waals surface area contributed by atoms with E-state index < -0.39 is 5.60 Å². The second-order valence-corrected chi connectivity index (χ2v) is 9.30. The lowest BCUT2D eigenvalue weighted by atomic mass is 10.0. The number of ether oxygens (including phenoxy) is 2. The number of nitrogens with one attached hydrogen (secondary N) is 1. The Morgan fingerprint density at radius 1 is 1.09 bits per heavy atom. The molecule has 0 saturated carbocycles. The maximum absolute atomic E-state index is 12.4. The highest BCUT2D eigenvalue weighted by Crippen LogP contribution is 2.40. The largest absolute Gasteiger partial charge is 0.487 e. The Bertz CT molecular complexity index is 1280. The zero-order chi connectivity index (χ0) is 24.3. The summed E-state index contributed by atoms with van der Waals surface area (Å²) in [5, 5.41) is 0. The molecule has 3 aromatic heterocycles. The molecule has 1 aromatic carbocycles. The van der Waals surface area contributed by atoms with Crippen molar-refractivity contribution in [2.24, 2.45) is 0 Å². The summed E-state index contributed by atoms with van der Waals surface area (Å²) >= 11 is 0. The van der Waals surface area contributed by atoms with Crippen LogP contribution in [0, 0.1) is 0 Å². The minimum atomic E-state index is -0.552. The van der Waals surface area contributed by atoms with Crippen LogP contribution in [-0.2, 0) is 4.74 Å². The highest BCUT2D eigenvalue weighted by Gasteiger charge is 2.23. The van der Waals surface area contributed by atoms with Gasteiger partial charge in [-0.05, 0) is 51.5 Å². The Morgan fingerprint density at radius 2 is 1.85 bits per heavy atom. The zero-order valence-corrected chi connectivity index (χ0v) is 20.2. The van der Waals surface area contributed by atoms with Gasteiger partial charge in [-0.15, -0.1) is 0 Å². The number of carbonyl (C=O) groups excluding carboxylic acids is 1. The average Bonchev–Trinajstić information content (AvgIpc) is 3.18. The number of amides is 1. The first-order valence-electron chi connectivity index (χ1n) is 11.3. The third-order valence-electron chi connectivity index (χ3n) is 5.23. The first-order chi connectivity index (χ1) is 16.2. The topological polar surface area (TPSA) is 80.3 Å². The molecule has 0 radical (unpaired) electrons. The number of H-pyrrole nitrogens is 1. The molecule has 7 heteroatoms. The smallest absolute Gasteiger partial charge is 0.410 e. The lowest BCUT2D eigenvalue weighted by Crippen LogP contribution is -2.39. The van der Waals surface area contributed by atoms with Gasteiger partial charge in [0.15, 0.2) is 0 Å². The molecular weight excluding hydrogens is 428 g/mol. The number of aromatic nitrogens is 3. The van der Waals surface area contributed by atoms with Gasteiger partial charge < -0.3 is 19.4 Å². The lowest BCUT2D eigenvalue weighted by molar-refractivity contribution is 0.0238. The number of hydrogen-bond donors (Lipinski definition) is 1. The van der Waals surface area contributed by atoms with Crippen LogP contribution < -0.4 is 4.74 Å². The summed E-state index contributed by atoms with van der Waals surface area (Å²) in [5.41, 5.74) is 5.13. The maximum atomic E-state index is 12.4. The van der Waals surface area contributed by atoms with Gasteiger partial charge in [0.25, 0.3) is 0 Å². The van der Waals surface area contributed by atoms with Gasteiger partial charge in [-0.1, -0.05) is 30.3 Å². The predicted octanol–water partition coefficient (Wildman–Crippen LogP) is 5.93. The molecule has 0 saturated heterocycles. The summed E-state index contributed by atoms with van der Waals surface area (Å²) in [6, 6.07) is 16.0. The normalized spacial score (nSPS) is 12.4. The van der Waals surface area contributed by atoms with E-state index in [0.29, 0.717) is 12.3 Å². The van der Waals surface area contributed by atoms with Crippen molar-refractivity contribution < 1.29 is 14.3 Å². The third-order valence-corrected chi connectivity index (χ3v) is 5.23. The van der Waals surface area contributed by atoms with Gasteiger partial charge in [-0.3, -0.25) is 9.97 Å². The highest BCUT2D eigenvalue weighted by molar-refractivity contribution is 6.02. The van der Waals surface area contributed by atoms with E-state index >= 15 is 0 Å². The van der Waals surface area contributed by atoms with E-state index in [1.54, 1.807) is 25.6 Å². The number of fused-ring (bicyclic) bond motifs is 1. The van der Waals surface area contributed by atoms with Gasteiger partial charge in [0.2, 0.25) is 0 Å². The van der Waals surface area contributed by atoms with Crippen LogP contribution in [0.15, 0.2) is 67.1 Å². The van der Waals surface area contributed by atoms with Gasteiger partial charge in [0, 0.05) is 30.6 Å². The van der Waals surface area contributed by atoms with Crippen molar-refractivity contribution in [2.45, 2.75) is 39.4 Å². The summed E-state index contributed by atoms with van der Waals surface area (Å²) < 4.78 is 11.7. The first kappa shape index (κ1) is 23.3. The number of aromatic amines is 1. The van der Waals surface area contributed by atoms with Gasteiger partial charge in [0.05, 0.1) is 29.5 Å². The Hall–Kier alpha value is -3.87. The van der Waals surface area contributed by atoms with Crippen LogP contribution in [0.25, 0.3) is 33.4 Å². The summed E-state index contributed by atoms with van der Waals surface area (Å²) in [6.45, 7) is 7.83. The average molecular weight is 459 g/mol. The summed E-state index contributed by atoms with van der Waals surface area (Å²) in [7, 11) is 1.70. The number of rotatable bonds is 6. The highest BCUT2D eigenvalue weighted by atomic mass is 16.6. The molecule has 7 nitrogen and oxygen atoms in total. The van der Waals surface area contributed by atoms with Crippen LogP contribution in [0.2, 0.25) is 0 Å². The van der Waals surface area contributed by atoms with Crippen molar-refractivity contribution in [2.75, 3.05) is 13.6 Å². The van der Waals surface area contributed by atoms with E-state index in [9.17, 15) is 4.79 Å². The van der Waals surface area contributed by atoms with Gasteiger partial charge in [0.1, 0.15) is 17.5 Å². The molecule has 0 aliphatic heterocycles. The molecular formula is C27H30N4O3. The zero-order valence-electron chi connectivity index (χ0n) is 20.2. The summed E-state index contributed by atoms with van der Waals surface area (Å²) in [4.78, 5) is 26.3. The molecule has 0 fully saturated rings. The van der Waals surface area contributed by atoms with Gasteiger partial charge >= 0.3 is 6.09 Å². The fourth-order valence-corrected chi connectivity index (χ4v) is 3.84. The number of benzene rings is 1. The molecule has 0 unspecified atom stereocenters. The van der Waals surface area contributed by atoms with Gasteiger partial charge in [-0.2, -0.15) is 0 Å². The number of likely N-dealkylation sites (N-methyl/N-ethyl adjacent to an activating group) is 1. The Labute approximate surface area is 199 Å². The molecule has 0 bridgehead atoms. The fourth-order valence-electron chi connectivity index (χ4n) is 3.84. The Balaban J connectivity index is 1.66. The van der Waals surface area contributed by atoms with Crippen LogP contribution in [-0.4, -0.2) is 51.2 Å². The van der Waals surface area contributed by atoms with Crippen molar-refractivity contribution in [3.05, 3.63) is 67.1 Å². The summed E-state index contributed by atoms with van der Waals surface area (Å²) in [5.74, 6) is 0.622. The lowest BCUT2D eigenvalue weighted by Gasteiger charge is -2.27. The molecule has 34 heavy (non-hydrogen) atoms. The molecule has 0 aliphatic carbocycles. The predicted molar refractivity (Wildman–Crippen MR) is 134 cm³/mol. The fraction of sp³-hybridized carbons (Fsp3) is 0.296. The minimum Gasteiger partial charge on any atom is -0.487 e. The molecule has 1 N–H and O–H groups in total. The van der Waals surface area contributed by atoms with E-state index in [1.807, 2.05) is 64.1 Å². The molecule has 0 aliphatic rings. The van der Waals surface area contributed by atoms with E-state index in [-0.39, 0.29) is 12.2 Å². The van der Waals surface area contributed by atoms with E-state index in [1.165, 1.54) is 4.90 Å². The molecule has 1 amide bonds. The van der Waals surface area contributed by atoms with Crippen LogP contribution in [0.4, 0.5) is 4.79 Å². The number of nitrogens with zero attached hydrogens (tertiary/aromatic N) is 3. The quantitative estimate of drug-likeness (QED) is 0.388. The van der Waals surface area contributed by atoms with Gasteiger partial charge in [-0.25, -0.2) is 4.79 Å². The Morgan fingerprint density at radius 3 is 2.59 bits per heavy atom. The van der Waals surface area contributed by atoms with Crippen LogP contribution in [0.5, 0.6) is 5.75 Å². The molecule has 4 aromatic rings. The molecule has 3 heterocycles.